The fraction of sp³-hybridized carbons (Fsp3) is 0.154. The molecule has 2 heterocycles. The van der Waals surface area contributed by atoms with Crippen LogP contribution in [-0.4, -0.2) is 0 Å². The molecule has 1 aromatic carbocycles. The van der Waals surface area contributed by atoms with Crippen LogP contribution in [0.5, 0.6) is 0 Å². The Morgan fingerprint density at radius 2 is 1.86 bits per heavy atom. The third-order valence-corrected chi connectivity index (χ3v) is 3.62. The monoisotopic (exact) mass is 310 g/mol. The molecule has 0 amide bonds. The summed E-state index contributed by atoms with van der Waals surface area (Å²) in [4.78, 5) is 0. The van der Waals surface area contributed by atoms with Gasteiger partial charge in [0.15, 0.2) is 5.70 Å². The molecule has 2 aromatic rings. The van der Waals surface area contributed by atoms with Gasteiger partial charge in [0.25, 0.3) is 4.39 Å². The van der Waals surface area contributed by atoms with E-state index in [0.29, 0.717) is 17.2 Å². The van der Waals surface area contributed by atoms with Gasteiger partial charge in [0.2, 0.25) is 0 Å². The van der Waals surface area contributed by atoms with Crippen molar-refractivity contribution in [1.82, 2.24) is 0 Å². The highest BCUT2D eigenvalue weighted by Crippen LogP contribution is 2.29. The highest BCUT2D eigenvalue weighted by Gasteiger charge is 2.43. The van der Waals surface area contributed by atoms with Crippen LogP contribution < -0.4 is 29.1 Å². The number of allylic oxidation sites excluding steroid dienone is 2. The minimum atomic E-state index is -4.60. The number of benzene rings is 1. The molecular formula is C13H13ClN3O4+. The van der Waals surface area contributed by atoms with Crippen LogP contribution in [0.25, 0.3) is 10.8 Å². The first-order valence-corrected chi connectivity index (χ1v) is 7.39. The third-order valence-electron chi connectivity index (χ3n) is 3.31. The van der Waals surface area contributed by atoms with Crippen molar-refractivity contribution in [2.75, 3.05) is 10.5 Å². The Labute approximate surface area is 122 Å². The van der Waals surface area contributed by atoms with Gasteiger partial charge in [0.05, 0.1) is 16.1 Å². The maximum atomic E-state index is 11.0. The first-order valence-electron chi connectivity index (χ1n) is 6.15. The Morgan fingerprint density at radius 1 is 1.14 bits per heavy atom. The van der Waals surface area contributed by atoms with Crippen molar-refractivity contribution in [2.24, 2.45) is 0 Å². The Hall–Kier alpha value is -1.90. The molecule has 0 unspecified atom stereocenters. The van der Waals surface area contributed by atoms with E-state index in [4.69, 9.17) is 0 Å². The second-order valence-corrected chi connectivity index (χ2v) is 5.55. The van der Waals surface area contributed by atoms with Gasteiger partial charge < -0.3 is 0 Å². The number of hydrogen-bond acceptors (Lipinski definition) is 6. The van der Waals surface area contributed by atoms with Crippen LogP contribution in [0.4, 0.5) is 5.82 Å². The van der Waals surface area contributed by atoms with E-state index in [-0.39, 0.29) is 0 Å². The van der Waals surface area contributed by atoms with Crippen LogP contribution in [0.3, 0.4) is 0 Å². The van der Waals surface area contributed by atoms with Crippen molar-refractivity contribution in [3.05, 3.63) is 47.9 Å². The van der Waals surface area contributed by atoms with Gasteiger partial charge in [-0.15, -0.1) is 4.68 Å². The number of fused-ring (bicyclic) bond motifs is 3. The topological polar surface area (TPSA) is 97.6 Å². The summed E-state index contributed by atoms with van der Waals surface area (Å²) in [6.07, 6.45) is 1.73. The van der Waals surface area contributed by atoms with Gasteiger partial charge >= 0.3 is 5.82 Å². The summed E-state index contributed by atoms with van der Waals surface area (Å²) in [5, 5.41) is 2.67. The number of hydroxylamine groups is 1. The Morgan fingerprint density at radius 3 is 2.57 bits per heavy atom. The molecule has 1 aromatic heterocycles. The molecule has 7 nitrogen and oxygen atoms in total. The summed E-state index contributed by atoms with van der Waals surface area (Å²) in [7, 11) is -4.60. The maximum absolute atomic E-state index is 11.0. The van der Waals surface area contributed by atoms with E-state index >= 15 is 0 Å². The van der Waals surface area contributed by atoms with Gasteiger partial charge in [0.1, 0.15) is 16.4 Å². The van der Waals surface area contributed by atoms with Crippen LogP contribution in [0.15, 0.2) is 47.9 Å². The van der Waals surface area contributed by atoms with Gasteiger partial charge in [-0.25, -0.2) is 5.43 Å². The van der Waals surface area contributed by atoms with E-state index < -0.39 is 10.2 Å². The summed E-state index contributed by atoms with van der Waals surface area (Å²) in [5.74, 6) is 0.420. The van der Waals surface area contributed by atoms with Crippen molar-refractivity contribution >= 4 is 16.6 Å². The smallest absolute Gasteiger partial charge is 0.224 e. The van der Waals surface area contributed by atoms with Crippen LogP contribution >= 0.6 is 0 Å². The lowest BCUT2D eigenvalue weighted by Gasteiger charge is -2.22. The molecule has 0 saturated heterocycles. The number of rotatable bonds is 2. The van der Waals surface area contributed by atoms with Crippen LogP contribution in [0.2, 0.25) is 0 Å². The highest BCUT2D eigenvalue weighted by atomic mass is 35.7. The average molecular weight is 311 g/mol. The minimum Gasteiger partial charge on any atom is -0.224 e. The molecule has 0 saturated carbocycles. The van der Waals surface area contributed by atoms with Gasteiger partial charge in [0, 0.05) is 6.92 Å². The number of aromatic nitrogens is 1. The molecule has 21 heavy (non-hydrogen) atoms. The summed E-state index contributed by atoms with van der Waals surface area (Å²) in [6, 6.07) is 9.28. The van der Waals surface area contributed by atoms with Crippen molar-refractivity contribution < 1.29 is 33.3 Å². The van der Waals surface area contributed by atoms with Crippen molar-refractivity contribution in [3.63, 3.8) is 0 Å². The van der Waals surface area contributed by atoms with Crippen molar-refractivity contribution in [2.45, 2.75) is 13.8 Å². The molecule has 0 atom stereocenters. The summed E-state index contributed by atoms with van der Waals surface area (Å²) >= 11 is 0. The van der Waals surface area contributed by atoms with E-state index in [9.17, 15) is 14.0 Å². The SMILES string of the molecule is CC1=C(C)N(O[Cl+3]([O-])([O-])[O-])c2c3ccccc3cc[n+]2N1. The number of nitrogens with one attached hydrogen (secondary N) is 1. The molecule has 8 heteroatoms. The number of halogens is 1. The van der Waals surface area contributed by atoms with Crippen LogP contribution in [-0.2, 0) is 4.39 Å². The number of hydrogen-bond donors (Lipinski definition) is 1. The molecule has 3 rings (SSSR count). The average Bonchev–Trinajstić information content (AvgIpc) is 2.42. The molecule has 1 aliphatic heterocycles. The molecule has 0 spiro atoms. The Balaban J connectivity index is 2.23. The molecule has 0 fully saturated rings. The summed E-state index contributed by atoms with van der Waals surface area (Å²) < 4.78 is 39.2. The number of anilines is 1. The fourth-order valence-electron chi connectivity index (χ4n) is 2.24. The molecule has 110 valence electrons. The van der Waals surface area contributed by atoms with E-state index in [1.54, 1.807) is 24.7 Å². The zero-order valence-electron chi connectivity index (χ0n) is 11.4. The fourth-order valence-corrected chi connectivity index (χ4v) is 2.58. The Kier molecular flexibility index (Phi) is 3.23. The van der Waals surface area contributed by atoms with Gasteiger partial charge in [-0.1, -0.05) is 18.2 Å². The summed E-state index contributed by atoms with van der Waals surface area (Å²) in [5.41, 5.74) is 4.24. The van der Waals surface area contributed by atoms with E-state index in [2.05, 4.69) is 9.82 Å². The van der Waals surface area contributed by atoms with Crippen LogP contribution in [0, 0.1) is 10.2 Å². The Bertz CT molecular complexity index is 742. The lowest BCUT2D eigenvalue weighted by molar-refractivity contribution is -1.92. The van der Waals surface area contributed by atoms with E-state index in [1.165, 1.54) is 0 Å². The third kappa shape index (κ3) is 2.53. The standard InChI is InChI=1S/C13H13ClN3O4/c1-9-10(2)17(21-14(18,19)20)13-12-6-4-3-5-11(12)7-8-16(13)15-9/h3-8,15H,1-2H3/q+1. The van der Waals surface area contributed by atoms with E-state index in [0.717, 1.165) is 15.8 Å². The molecular weight excluding hydrogens is 298 g/mol. The summed E-state index contributed by atoms with van der Waals surface area (Å²) in [6.45, 7) is 3.42. The molecule has 0 radical (unpaired) electrons. The predicted molar refractivity (Wildman–Crippen MR) is 65.4 cm³/mol. The van der Waals surface area contributed by atoms with Gasteiger partial charge in [-0.05, 0) is 24.4 Å². The van der Waals surface area contributed by atoms with Gasteiger partial charge in [-0.2, -0.15) is 14.0 Å². The lowest BCUT2D eigenvalue weighted by Crippen LogP contribution is -2.65. The normalized spacial score (nSPS) is 15.2. The number of nitrogens with zero attached hydrogens (tertiary/aromatic N) is 2. The first kappa shape index (κ1) is 14.1. The second kappa shape index (κ2) is 4.83. The zero-order valence-corrected chi connectivity index (χ0v) is 12.1. The number of pyridine rings is 1. The molecule has 1 N–H and O–H groups in total. The van der Waals surface area contributed by atoms with Crippen molar-refractivity contribution in [3.8, 4) is 0 Å². The van der Waals surface area contributed by atoms with Crippen LogP contribution in [0.1, 0.15) is 13.8 Å². The maximum Gasteiger partial charge on any atom is 0.358 e. The lowest BCUT2D eigenvalue weighted by atomic mass is 10.1. The minimum absolute atomic E-state index is 0.420. The largest absolute Gasteiger partial charge is 0.358 e. The zero-order chi connectivity index (χ0) is 15.2. The highest BCUT2D eigenvalue weighted by molar-refractivity contribution is 5.91. The predicted octanol–water partition coefficient (Wildman–Crippen LogP) is -1.43. The van der Waals surface area contributed by atoms with Gasteiger partial charge in [-0.3, -0.25) is 0 Å². The van der Waals surface area contributed by atoms with E-state index in [1.807, 2.05) is 30.3 Å². The molecule has 0 bridgehead atoms. The first-order chi connectivity index (χ1) is 9.87. The van der Waals surface area contributed by atoms with Crippen molar-refractivity contribution in [1.29, 1.82) is 0 Å². The quantitative estimate of drug-likeness (QED) is 0.683. The second-order valence-electron chi connectivity index (χ2n) is 4.66. The molecule has 1 aliphatic rings. The molecule has 0 aliphatic carbocycles.